The third-order valence-corrected chi connectivity index (χ3v) is 1.94. The maximum Gasteiger partial charge on any atom is 0.338 e. The number of phenols is 1. The van der Waals surface area contributed by atoms with Crippen molar-refractivity contribution < 1.29 is 24.5 Å². The van der Waals surface area contributed by atoms with Crippen molar-refractivity contribution in [1.29, 1.82) is 0 Å². The van der Waals surface area contributed by atoms with Gasteiger partial charge < -0.3 is 21.1 Å². The number of hydrogen-bond donors (Lipinski definition) is 4. The molecule has 0 fully saturated rings. The SMILES string of the molecule is N[C@H](CO)c1cc(C(=O)O)c(F)cc1O. The average Bonchev–Trinajstić information content (AvgIpc) is 2.16. The third kappa shape index (κ3) is 2.23. The summed E-state index contributed by atoms with van der Waals surface area (Å²) in [5.41, 5.74) is 4.79. The molecular weight excluding hydrogens is 205 g/mol. The predicted octanol–water partition coefficient (Wildman–Crippen LogP) is 0.222. The maximum atomic E-state index is 13.0. The number of carboxylic acids is 1. The normalized spacial score (nSPS) is 12.5. The molecule has 0 saturated carbocycles. The zero-order valence-corrected chi connectivity index (χ0v) is 7.64. The minimum atomic E-state index is -1.46. The number of halogens is 1. The topological polar surface area (TPSA) is 104 Å². The van der Waals surface area contributed by atoms with Crippen LogP contribution in [0.1, 0.15) is 22.0 Å². The van der Waals surface area contributed by atoms with Crippen molar-refractivity contribution in [1.82, 2.24) is 0 Å². The van der Waals surface area contributed by atoms with E-state index in [4.69, 9.17) is 15.9 Å². The number of hydrogen-bond acceptors (Lipinski definition) is 4. The highest BCUT2D eigenvalue weighted by Crippen LogP contribution is 2.26. The van der Waals surface area contributed by atoms with E-state index in [9.17, 15) is 14.3 Å². The van der Waals surface area contributed by atoms with Gasteiger partial charge in [-0.05, 0) is 6.07 Å². The van der Waals surface area contributed by atoms with Gasteiger partial charge in [-0.3, -0.25) is 0 Å². The van der Waals surface area contributed by atoms with E-state index >= 15 is 0 Å². The number of carboxylic acid groups (broad SMARTS) is 1. The van der Waals surface area contributed by atoms with Gasteiger partial charge in [-0.25, -0.2) is 9.18 Å². The predicted molar refractivity (Wildman–Crippen MR) is 49.0 cm³/mol. The highest BCUT2D eigenvalue weighted by molar-refractivity contribution is 5.88. The molecular formula is C9H10FNO4. The van der Waals surface area contributed by atoms with Gasteiger partial charge in [0, 0.05) is 11.6 Å². The van der Waals surface area contributed by atoms with E-state index in [1.807, 2.05) is 0 Å². The summed E-state index contributed by atoms with van der Waals surface area (Å²) < 4.78 is 13.0. The van der Waals surface area contributed by atoms with E-state index in [1.54, 1.807) is 0 Å². The summed E-state index contributed by atoms with van der Waals surface area (Å²) >= 11 is 0. The fourth-order valence-electron chi connectivity index (χ4n) is 1.14. The molecule has 0 spiro atoms. The van der Waals surface area contributed by atoms with Crippen LogP contribution in [0.4, 0.5) is 4.39 Å². The number of nitrogens with two attached hydrogens (primary N) is 1. The van der Waals surface area contributed by atoms with Crippen molar-refractivity contribution in [3.63, 3.8) is 0 Å². The minimum Gasteiger partial charge on any atom is -0.507 e. The summed E-state index contributed by atoms with van der Waals surface area (Å²) in [6.07, 6.45) is 0. The van der Waals surface area contributed by atoms with Crippen molar-refractivity contribution in [3.8, 4) is 5.75 Å². The van der Waals surface area contributed by atoms with E-state index in [-0.39, 0.29) is 5.56 Å². The van der Waals surface area contributed by atoms with Crippen LogP contribution >= 0.6 is 0 Å². The van der Waals surface area contributed by atoms with Crippen molar-refractivity contribution in [2.45, 2.75) is 6.04 Å². The second kappa shape index (κ2) is 4.24. The largest absolute Gasteiger partial charge is 0.507 e. The van der Waals surface area contributed by atoms with E-state index in [0.717, 1.165) is 6.07 Å². The fourth-order valence-corrected chi connectivity index (χ4v) is 1.14. The van der Waals surface area contributed by atoms with Crippen molar-refractivity contribution in [2.24, 2.45) is 5.73 Å². The number of aromatic carboxylic acids is 1. The Bertz CT molecular complexity index is 394. The van der Waals surface area contributed by atoms with Gasteiger partial charge in [0.2, 0.25) is 0 Å². The van der Waals surface area contributed by atoms with Crippen LogP contribution < -0.4 is 5.73 Å². The van der Waals surface area contributed by atoms with Crippen LogP contribution in [0.5, 0.6) is 5.75 Å². The molecule has 0 unspecified atom stereocenters. The number of carbonyl (C=O) groups is 1. The number of phenolic OH excluding ortho intramolecular Hbond substituents is 1. The minimum absolute atomic E-state index is 0.00343. The standard InChI is InChI=1S/C9H10FNO4/c10-6-2-8(13)5(7(11)3-12)1-4(6)9(14)15/h1-2,7,12-13H,3,11H2,(H,14,15)/t7-/m1/s1. The first-order chi connectivity index (χ1) is 6.97. The fraction of sp³-hybridized carbons (Fsp3) is 0.222. The molecule has 0 aliphatic heterocycles. The van der Waals surface area contributed by atoms with E-state index < -0.39 is 35.7 Å². The summed E-state index contributed by atoms with van der Waals surface area (Å²) in [5.74, 6) is -2.98. The van der Waals surface area contributed by atoms with Crippen LogP contribution in [0.3, 0.4) is 0 Å². The van der Waals surface area contributed by atoms with Gasteiger partial charge in [-0.15, -0.1) is 0 Å². The molecule has 0 radical (unpaired) electrons. The second-order valence-electron chi connectivity index (χ2n) is 2.99. The van der Waals surface area contributed by atoms with Crippen LogP contribution in [0.2, 0.25) is 0 Å². The molecule has 0 heterocycles. The van der Waals surface area contributed by atoms with E-state index in [1.165, 1.54) is 0 Å². The first-order valence-corrected chi connectivity index (χ1v) is 4.09. The lowest BCUT2D eigenvalue weighted by atomic mass is 10.0. The lowest BCUT2D eigenvalue weighted by Gasteiger charge is -2.11. The highest BCUT2D eigenvalue weighted by atomic mass is 19.1. The van der Waals surface area contributed by atoms with Crippen LogP contribution in [-0.4, -0.2) is 27.9 Å². The Kier molecular flexibility index (Phi) is 3.23. The quantitative estimate of drug-likeness (QED) is 0.577. The summed E-state index contributed by atoms with van der Waals surface area (Å²) in [4.78, 5) is 10.6. The van der Waals surface area contributed by atoms with Gasteiger partial charge in [0.05, 0.1) is 18.2 Å². The highest BCUT2D eigenvalue weighted by Gasteiger charge is 2.17. The third-order valence-electron chi connectivity index (χ3n) is 1.94. The first kappa shape index (κ1) is 11.4. The number of benzene rings is 1. The summed E-state index contributed by atoms with van der Waals surface area (Å²) in [7, 11) is 0. The number of aromatic hydroxyl groups is 1. The van der Waals surface area contributed by atoms with E-state index in [2.05, 4.69) is 0 Å². The van der Waals surface area contributed by atoms with Gasteiger partial charge in [-0.1, -0.05) is 0 Å². The van der Waals surface area contributed by atoms with Crippen molar-refractivity contribution in [3.05, 3.63) is 29.1 Å². The molecule has 0 saturated heterocycles. The molecule has 1 aromatic carbocycles. The van der Waals surface area contributed by atoms with Crippen LogP contribution in [0.25, 0.3) is 0 Å². The molecule has 0 aliphatic rings. The lowest BCUT2D eigenvalue weighted by molar-refractivity contribution is 0.0691. The number of aliphatic hydroxyl groups excluding tert-OH is 1. The zero-order valence-electron chi connectivity index (χ0n) is 7.64. The molecule has 1 rings (SSSR count). The zero-order chi connectivity index (χ0) is 11.6. The molecule has 0 aromatic heterocycles. The van der Waals surface area contributed by atoms with Gasteiger partial charge in [0.15, 0.2) is 0 Å². The van der Waals surface area contributed by atoms with Gasteiger partial charge >= 0.3 is 5.97 Å². The second-order valence-corrected chi connectivity index (χ2v) is 2.99. The average molecular weight is 215 g/mol. The molecule has 6 heteroatoms. The first-order valence-electron chi connectivity index (χ1n) is 4.09. The molecule has 1 aromatic rings. The lowest BCUT2D eigenvalue weighted by Crippen LogP contribution is -2.16. The maximum absolute atomic E-state index is 13.0. The van der Waals surface area contributed by atoms with Gasteiger partial charge in [0.1, 0.15) is 11.6 Å². The molecule has 0 aliphatic carbocycles. The Hall–Kier alpha value is -1.66. The van der Waals surface area contributed by atoms with Crippen LogP contribution in [0.15, 0.2) is 12.1 Å². The molecule has 5 nitrogen and oxygen atoms in total. The van der Waals surface area contributed by atoms with E-state index in [0.29, 0.717) is 6.07 Å². The summed E-state index contributed by atoms with van der Waals surface area (Å²) in [5, 5.41) is 26.6. The van der Waals surface area contributed by atoms with Crippen LogP contribution in [-0.2, 0) is 0 Å². The smallest absolute Gasteiger partial charge is 0.338 e. The summed E-state index contributed by atoms with van der Waals surface area (Å²) in [6, 6.07) is 0.631. The Labute approximate surface area is 84.6 Å². The van der Waals surface area contributed by atoms with Gasteiger partial charge in [0.25, 0.3) is 0 Å². The molecule has 82 valence electrons. The molecule has 5 N–H and O–H groups in total. The van der Waals surface area contributed by atoms with Crippen LogP contribution in [0, 0.1) is 5.82 Å². The molecule has 15 heavy (non-hydrogen) atoms. The molecule has 0 bridgehead atoms. The number of rotatable bonds is 3. The Morgan fingerprint density at radius 1 is 1.53 bits per heavy atom. The summed E-state index contributed by atoms with van der Waals surface area (Å²) in [6.45, 7) is -0.474. The molecule has 1 atom stereocenters. The molecule has 0 amide bonds. The number of aliphatic hydroxyl groups is 1. The van der Waals surface area contributed by atoms with Gasteiger partial charge in [-0.2, -0.15) is 0 Å². The Morgan fingerprint density at radius 3 is 2.60 bits per heavy atom. The Balaban J connectivity index is 3.29. The monoisotopic (exact) mass is 215 g/mol. The Morgan fingerprint density at radius 2 is 2.13 bits per heavy atom. The van der Waals surface area contributed by atoms with Crippen molar-refractivity contribution >= 4 is 5.97 Å². The van der Waals surface area contributed by atoms with Crippen molar-refractivity contribution in [2.75, 3.05) is 6.61 Å².